The van der Waals surface area contributed by atoms with Crippen molar-refractivity contribution in [3.63, 3.8) is 0 Å². The molecule has 0 unspecified atom stereocenters. The Kier molecular flexibility index (Phi) is 6.43. The lowest BCUT2D eigenvalue weighted by Gasteiger charge is -2.23. The second-order valence-corrected chi connectivity index (χ2v) is 11.4. The van der Waals surface area contributed by atoms with Gasteiger partial charge in [-0.25, -0.2) is 4.99 Å². The van der Waals surface area contributed by atoms with Gasteiger partial charge in [0, 0.05) is 44.5 Å². The summed E-state index contributed by atoms with van der Waals surface area (Å²) in [6, 6.07) is 0. The number of hydrogen-bond donors (Lipinski definition) is 3. The summed E-state index contributed by atoms with van der Waals surface area (Å²) < 4.78 is 0. The summed E-state index contributed by atoms with van der Waals surface area (Å²) in [5, 5.41) is 5.02. The Morgan fingerprint density at radius 3 is 1.89 bits per heavy atom. The molecule has 2 aromatic heterocycles. The van der Waals surface area contributed by atoms with Crippen molar-refractivity contribution < 1.29 is 9.59 Å². The lowest BCUT2D eigenvalue weighted by molar-refractivity contribution is -0.116. The Hall–Kier alpha value is -3.67. The Balaban J connectivity index is 1.96. The third-order valence-electron chi connectivity index (χ3n) is 8.07. The largest absolute Gasteiger partial charge is 0.355 e. The topological polar surface area (TPSA) is 90.1 Å². The van der Waals surface area contributed by atoms with E-state index in [-0.39, 0.29) is 17.2 Å². The lowest BCUT2D eigenvalue weighted by atomic mass is 9.82. The highest BCUT2D eigenvalue weighted by Crippen LogP contribution is 2.36. The molecule has 0 aliphatic carbocycles. The summed E-state index contributed by atoms with van der Waals surface area (Å²) in [6.45, 7) is 22.8. The Bertz CT molecular complexity index is 1620. The first-order chi connectivity index (χ1) is 17.1. The molecule has 6 nitrogen and oxygen atoms in total. The quantitative estimate of drug-likeness (QED) is 0.571. The van der Waals surface area contributed by atoms with Crippen molar-refractivity contribution in [3.05, 3.63) is 72.3 Å². The second-order valence-electron chi connectivity index (χ2n) is 11.4. The van der Waals surface area contributed by atoms with Crippen molar-refractivity contribution in [2.24, 2.45) is 10.4 Å². The van der Waals surface area contributed by atoms with Gasteiger partial charge in [-0.05, 0) is 106 Å². The minimum absolute atomic E-state index is 0.0399. The molecule has 2 aromatic rings. The van der Waals surface area contributed by atoms with Gasteiger partial charge in [-0.3, -0.25) is 9.59 Å². The number of aliphatic imine (C=N–C) groups is 1. The molecule has 0 aromatic carbocycles. The fourth-order valence-electron chi connectivity index (χ4n) is 4.96. The molecular weight excluding hydrogens is 460 g/mol. The number of allylic oxidation sites excluding steroid dienone is 2. The van der Waals surface area contributed by atoms with Gasteiger partial charge in [0.05, 0.1) is 5.71 Å². The highest BCUT2D eigenvalue weighted by atomic mass is 16.2. The first-order valence-electron chi connectivity index (χ1n) is 12.8. The molecule has 0 radical (unpaired) electrons. The average molecular weight is 499 g/mol. The Morgan fingerprint density at radius 2 is 1.38 bits per heavy atom. The molecule has 194 valence electrons. The van der Waals surface area contributed by atoms with Crippen LogP contribution in [-0.4, -0.2) is 27.5 Å². The zero-order chi connectivity index (χ0) is 27.6. The number of carbonyl (C=O) groups excluding carboxylic acids is 2. The van der Waals surface area contributed by atoms with Gasteiger partial charge in [-0.2, -0.15) is 0 Å². The molecule has 3 N–H and O–H groups in total. The van der Waals surface area contributed by atoms with E-state index in [4.69, 9.17) is 0 Å². The summed E-state index contributed by atoms with van der Waals surface area (Å²) in [7, 11) is 0. The third-order valence-corrected chi connectivity index (χ3v) is 8.07. The predicted molar refractivity (Wildman–Crippen MR) is 152 cm³/mol. The van der Waals surface area contributed by atoms with Gasteiger partial charge in [0.25, 0.3) is 11.8 Å². The SMILES string of the molecule is CC1=C(C)C(/C=c2/[nH]/c(=C(/c3[nH]c(/C=C4/NC(=O)C(C)=C4C)c(C)c3C)C(C)(C)C)c(C)c2C)=NC1=O. The van der Waals surface area contributed by atoms with Gasteiger partial charge in [0.15, 0.2) is 0 Å². The van der Waals surface area contributed by atoms with Gasteiger partial charge in [0.2, 0.25) is 0 Å². The number of nitrogens with zero attached hydrogens (tertiary/aromatic N) is 1. The molecule has 37 heavy (non-hydrogen) atoms. The number of aromatic amines is 2. The van der Waals surface area contributed by atoms with Crippen LogP contribution in [0.1, 0.15) is 82.1 Å². The number of H-pyrrole nitrogens is 2. The number of hydrogen-bond acceptors (Lipinski definition) is 2. The van der Waals surface area contributed by atoms with E-state index in [1.165, 1.54) is 16.7 Å². The van der Waals surface area contributed by atoms with Gasteiger partial charge in [-0.15, -0.1) is 0 Å². The molecule has 0 bridgehead atoms. The standard InChI is InChI=1S/C31H38N4O2/c1-14-18(5)27(32-22(14)12-24-16(3)20(7)29(36)34-24)26(31(9,10)11)28-19(6)15(2)23(33-28)13-25-17(4)21(8)30(37)35-25/h12-13,32-33H,1-11H3,(H,34,36)/b23-13+,24-12+,28-26-. The van der Waals surface area contributed by atoms with E-state index in [1.54, 1.807) is 0 Å². The van der Waals surface area contributed by atoms with E-state index in [9.17, 15) is 9.59 Å². The van der Waals surface area contributed by atoms with Crippen LogP contribution in [0.3, 0.4) is 0 Å². The van der Waals surface area contributed by atoms with Crippen LogP contribution in [0.2, 0.25) is 0 Å². The molecule has 0 saturated heterocycles. The van der Waals surface area contributed by atoms with Crippen LogP contribution in [0.25, 0.3) is 17.7 Å². The summed E-state index contributed by atoms with van der Waals surface area (Å²) in [4.78, 5) is 35.9. The van der Waals surface area contributed by atoms with Crippen LogP contribution in [0, 0.1) is 33.1 Å². The second kappa shape index (κ2) is 9.02. The van der Waals surface area contributed by atoms with E-state index in [0.29, 0.717) is 11.3 Å². The highest BCUT2D eigenvalue weighted by Gasteiger charge is 2.27. The lowest BCUT2D eigenvalue weighted by Crippen LogP contribution is -2.24. The normalized spacial score (nSPS) is 19.1. The van der Waals surface area contributed by atoms with Crippen molar-refractivity contribution in [1.82, 2.24) is 15.3 Å². The van der Waals surface area contributed by atoms with Crippen LogP contribution in [-0.2, 0) is 9.59 Å². The minimum atomic E-state index is -0.174. The van der Waals surface area contributed by atoms with E-state index in [0.717, 1.165) is 55.6 Å². The van der Waals surface area contributed by atoms with Crippen LogP contribution in [0.5, 0.6) is 0 Å². The van der Waals surface area contributed by atoms with Crippen molar-refractivity contribution in [2.45, 2.75) is 76.2 Å². The number of amides is 2. The molecule has 2 aliphatic heterocycles. The van der Waals surface area contributed by atoms with Crippen molar-refractivity contribution in [1.29, 1.82) is 0 Å². The fraction of sp³-hybridized carbons (Fsp3) is 0.387. The minimum Gasteiger partial charge on any atom is -0.355 e. The van der Waals surface area contributed by atoms with Gasteiger partial charge < -0.3 is 15.3 Å². The molecule has 6 heteroatoms. The summed E-state index contributed by atoms with van der Waals surface area (Å²) in [5.74, 6) is -0.202. The Morgan fingerprint density at radius 1 is 0.730 bits per heavy atom. The van der Waals surface area contributed by atoms with E-state index in [2.05, 4.69) is 68.7 Å². The van der Waals surface area contributed by atoms with Crippen LogP contribution < -0.4 is 16.0 Å². The third kappa shape index (κ3) is 4.39. The maximum absolute atomic E-state index is 12.2. The number of aromatic nitrogens is 2. The molecule has 2 amide bonds. The summed E-state index contributed by atoms with van der Waals surface area (Å²) in [5.41, 5.74) is 12.6. The van der Waals surface area contributed by atoms with Crippen LogP contribution >= 0.6 is 0 Å². The van der Waals surface area contributed by atoms with E-state index >= 15 is 0 Å². The van der Waals surface area contributed by atoms with Gasteiger partial charge in [0.1, 0.15) is 0 Å². The Labute approximate surface area is 219 Å². The first-order valence-corrected chi connectivity index (χ1v) is 12.8. The van der Waals surface area contributed by atoms with Crippen LogP contribution in [0.4, 0.5) is 0 Å². The number of carbonyl (C=O) groups is 2. The molecule has 0 atom stereocenters. The smallest absolute Gasteiger partial charge is 0.273 e. The number of nitrogens with one attached hydrogen (secondary N) is 3. The van der Waals surface area contributed by atoms with Gasteiger partial charge in [-0.1, -0.05) is 20.8 Å². The zero-order valence-corrected chi connectivity index (χ0v) is 23.9. The van der Waals surface area contributed by atoms with E-state index < -0.39 is 0 Å². The molecule has 0 fully saturated rings. The van der Waals surface area contributed by atoms with Crippen molar-refractivity contribution in [2.75, 3.05) is 0 Å². The van der Waals surface area contributed by atoms with Gasteiger partial charge >= 0.3 is 0 Å². The fourth-order valence-corrected chi connectivity index (χ4v) is 4.96. The molecule has 0 spiro atoms. The number of rotatable bonds is 3. The maximum Gasteiger partial charge on any atom is 0.273 e. The highest BCUT2D eigenvalue weighted by molar-refractivity contribution is 6.30. The molecular formula is C31H38N4O2. The monoisotopic (exact) mass is 498 g/mol. The summed E-state index contributed by atoms with van der Waals surface area (Å²) in [6.07, 6.45) is 4.02. The zero-order valence-electron chi connectivity index (χ0n) is 23.9. The molecule has 4 rings (SSSR count). The van der Waals surface area contributed by atoms with Crippen molar-refractivity contribution >= 4 is 35.3 Å². The average Bonchev–Trinajstić information content (AvgIpc) is 3.42. The summed E-state index contributed by atoms with van der Waals surface area (Å²) >= 11 is 0. The molecule has 0 saturated carbocycles. The van der Waals surface area contributed by atoms with Crippen LogP contribution in [0.15, 0.2) is 33.0 Å². The molecule has 2 aliphatic rings. The van der Waals surface area contributed by atoms with E-state index in [1.807, 2.05) is 39.8 Å². The first kappa shape index (κ1) is 26.4. The van der Waals surface area contributed by atoms with Crippen molar-refractivity contribution in [3.8, 4) is 0 Å². The molecule has 4 heterocycles. The maximum atomic E-state index is 12.2. The predicted octanol–water partition coefficient (Wildman–Crippen LogP) is 4.73.